The summed E-state index contributed by atoms with van der Waals surface area (Å²) in [7, 11) is 0. The summed E-state index contributed by atoms with van der Waals surface area (Å²) in [5, 5.41) is 11.7. The molecule has 0 bridgehead atoms. The minimum atomic E-state index is -0.417. The quantitative estimate of drug-likeness (QED) is 0.646. The molecule has 0 aliphatic carbocycles. The highest BCUT2D eigenvalue weighted by Gasteiger charge is 2.37. The van der Waals surface area contributed by atoms with Crippen molar-refractivity contribution in [3.63, 3.8) is 0 Å². The Bertz CT molecular complexity index is 1040. The molecule has 2 heterocycles. The lowest BCUT2D eigenvalue weighted by atomic mass is 10.0. The van der Waals surface area contributed by atoms with Gasteiger partial charge in [0.1, 0.15) is 16.8 Å². The molecular weight excluding hydrogens is 398 g/mol. The number of carbonyl (C=O) groups is 1. The van der Waals surface area contributed by atoms with Crippen LogP contribution in [0, 0.1) is 20.8 Å². The third kappa shape index (κ3) is 4.14. The van der Waals surface area contributed by atoms with Gasteiger partial charge < -0.3 is 15.5 Å². The van der Waals surface area contributed by atoms with E-state index in [-0.39, 0.29) is 11.9 Å². The maximum absolute atomic E-state index is 13.3. The van der Waals surface area contributed by atoms with E-state index in [9.17, 15) is 4.79 Å². The summed E-state index contributed by atoms with van der Waals surface area (Å²) < 4.78 is 7.40. The van der Waals surface area contributed by atoms with Gasteiger partial charge in [-0.1, -0.05) is 30.0 Å². The Balaban J connectivity index is 1.64. The van der Waals surface area contributed by atoms with Gasteiger partial charge in [0.05, 0.1) is 12.6 Å². The minimum absolute atomic E-state index is 0.0803. The zero-order chi connectivity index (χ0) is 21.3. The van der Waals surface area contributed by atoms with Crippen LogP contribution >= 0.6 is 11.8 Å². The van der Waals surface area contributed by atoms with Gasteiger partial charge in [-0.05, 0) is 68.7 Å². The molecule has 0 unspecified atom stereocenters. The molecule has 30 heavy (non-hydrogen) atoms. The standard InChI is InChI=1S/C22H25N5O2S/c1-5-29-18-8-6-16(7-9-18)19-20(30-22-25-24-15(4)27(22)26-19)21(28)23-17-11-13(2)10-14(3)12-17/h6-12,19-20,26H,5H2,1-4H3,(H,23,28)/t19-,20+/m1/s1. The maximum Gasteiger partial charge on any atom is 0.240 e. The smallest absolute Gasteiger partial charge is 0.240 e. The summed E-state index contributed by atoms with van der Waals surface area (Å²) in [5.74, 6) is 1.48. The lowest BCUT2D eigenvalue weighted by Crippen LogP contribution is -2.41. The van der Waals surface area contributed by atoms with E-state index in [1.807, 2.05) is 68.8 Å². The second-order valence-corrected chi connectivity index (χ2v) is 8.49. The van der Waals surface area contributed by atoms with E-state index in [0.717, 1.165) is 34.0 Å². The number of thioether (sulfide) groups is 1. The van der Waals surface area contributed by atoms with Gasteiger partial charge in [-0.25, -0.2) is 4.68 Å². The number of nitrogens with one attached hydrogen (secondary N) is 2. The fourth-order valence-electron chi connectivity index (χ4n) is 3.61. The molecule has 1 amide bonds. The minimum Gasteiger partial charge on any atom is -0.494 e. The molecular formula is C22H25N5O2S. The Hall–Kier alpha value is -3.00. The molecule has 2 aromatic carbocycles. The summed E-state index contributed by atoms with van der Waals surface area (Å²) in [5.41, 5.74) is 7.43. The highest BCUT2D eigenvalue weighted by Crippen LogP contribution is 2.38. The summed E-state index contributed by atoms with van der Waals surface area (Å²) >= 11 is 1.41. The number of aryl methyl sites for hydroxylation is 3. The van der Waals surface area contributed by atoms with Crippen LogP contribution in [0.1, 0.15) is 35.5 Å². The highest BCUT2D eigenvalue weighted by molar-refractivity contribution is 8.00. The van der Waals surface area contributed by atoms with E-state index in [2.05, 4.69) is 27.0 Å². The number of aromatic nitrogens is 3. The molecule has 156 valence electrons. The van der Waals surface area contributed by atoms with Gasteiger partial charge in [0.25, 0.3) is 0 Å². The predicted molar refractivity (Wildman–Crippen MR) is 119 cm³/mol. The van der Waals surface area contributed by atoms with Crippen molar-refractivity contribution in [2.75, 3.05) is 17.3 Å². The number of amides is 1. The Kier molecular flexibility index (Phi) is 5.67. The predicted octanol–water partition coefficient (Wildman–Crippen LogP) is 4.00. The maximum atomic E-state index is 13.3. The van der Waals surface area contributed by atoms with Crippen molar-refractivity contribution in [1.82, 2.24) is 14.9 Å². The van der Waals surface area contributed by atoms with Crippen LogP contribution in [0.15, 0.2) is 47.6 Å². The highest BCUT2D eigenvalue weighted by atomic mass is 32.2. The van der Waals surface area contributed by atoms with Crippen molar-refractivity contribution in [2.24, 2.45) is 0 Å². The number of nitrogens with zero attached hydrogens (tertiary/aromatic N) is 3. The van der Waals surface area contributed by atoms with Crippen LogP contribution in [-0.2, 0) is 4.79 Å². The molecule has 1 aliphatic heterocycles. The summed E-state index contributed by atoms with van der Waals surface area (Å²) in [6.45, 7) is 8.49. The second kappa shape index (κ2) is 8.39. The molecule has 0 saturated heterocycles. The third-order valence-corrected chi connectivity index (χ3v) is 6.11. The van der Waals surface area contributed by atoms with Crippen molar-refractivity contribution < 1.29 is 9.53 Å². The van der Waals surface area contributed by atoms with Gasteiger partial charge in [-0.15, -0.1) is 10.2 Å². The first-order valence-electron chi connectivity index (χ1n) is 9.91. The lowest BCUT2D eigenvalue weighted by Gasteiger charge is -2.32. The SMILES string of the molecule is CCOc1ccc([C@H]2Nn3c(C)nnc3S[C@@H]2C(=O)Nc2cc(C)cc(C)c2)cc1. The van der Waals surface area contributed by atoms with E-state index < -0.39 is 5.25 Å². The topological polar surface area (TPSA) is 81.1 Å². The average Bonchev–Trinajstić information content (AvgIpc) is 3.07. The van der Waals surface area contributed by atoms with E-state index in [1.54, 1.807) is 0 Å². The van der Waals surface area contributed by atoms with Crippen molar-refractivity contribution in [1.29, 1.82) is 0 Å². The van der Waals surface area contributed by atoms with Crippen LogP contribution in [0.3, 0.4) is 0 Å². The lowest BCUT2D eigenvalue weighted by molar-refractivity contribution is -0.116. The molecule has 4 rings (SSSR count). The molecule has 0 saturated carbocycles. The van der Waals surface area contributed by atoms with Crippen molar-refractivity contribution in [3.8, 4) is 5.75 Å². The van der Waals surface area contributed by atoms with Crippen LogP contribution in [0.25, 0.3) is 0 Å². The fraction of sp³-hybridized carbons (Fsp3) is 0.318. The number of rotatable bonds is 5. The number of hydrogen-bond acceptors (Lipinski definition) is 6. The molecule has 0 spiro atoms. The molecule has 2 atom stereocenters. The van der Waals surface area contributed by atoms with Crippen molar-refractivity contribution in [2.45, 2.75) is 44.1 Å². The Labute approximate surface area is 180 Å². The Morgan fingerprint density at radius 3 is 2.50 bits per heavy atom. The van der Waals surface area contributed by atoms with E-state index in [4.69, 9.17) is 4.74 Å². The van der Waals surface area contributed by atoms with Crippen molar-refractivity contribution >= 4 is 23.4 Å². The van der Waals surface area contributed by atoms with Crippen molar-refractivity contribution in [3.05, 3.63) is 65.0 Å². The molecule has 0 radical (unpaired) electrons. The van der Waals surface area contributed by atoms with Crippen LogP contribution in [0.5, 0.6) is 5.75 Å². The number of hydrogen-bond donors (Lipinski definition) is 2. The van der Waals surface area contributed by atoms with Crippen LogP contribution in [-0.4, -0.2) is 32.6 Å². The van der Waals surface area contributed by atoms with Gasteiger partial charge in [-0.2, -0.15) is 0 Å². The monoisotopic (exact) mass is 423 g/mol. The Morgan fingerprint density at radius 2 is 1.83 bits per heavy atom. The summed E-state index contributed by atoms with van der Waals surface area (Å²) in [6, 6.07) is 13.6. The van der Waals surface area contributed by atoms with E-state index >= 15 is 0 Å². The largest absolute Gasteiger partial charge is 0.494 e. The zero-order valence-corrected chi connectivity index (χ0v) is 18.3. The fourth-order valence-corrected chi connectivity index (χ4v) is 4.73. The molecule has 1 aromatic heterocycles. The number of anilines is 1. The van der Waals surface area contributed by atoms with Gasteiger partial charge in [0.15, 0.2) is 0 Å². The van der Waals surface area contributed by atoms with Crippen LogP contribution in [0.4, 0.5) is 5.69 Å². The number of fused-ring (bicyclic) bond motifs is 1. The third-order valence-electron chi connectivity index (χ3n) is 4.90. The van der Waals surface area contributed by atoms with Gasteiger partial charge in [-0.3, -0.25) is 4.79 Å². The molecule has 8 heteroatoms. The summed E-state index contributed by atoms with van der Waals surface area (Å²) in [4.78, 5) is 13.3. The molecule has 2 N–H and O–H groups in total. The Morgan fingerprint density at radius 1 is 1.13 bits per heavy atom. The molecule has 7 nitrogen and oxygen atoms in total. The molecule has 3 aromatic rings. The first kappa shape index (κ1) is 20.3. The van der Waals surface area contributed by atoms with Gasteiger partial charge >= 0.3 is 0 Å². The van der Waals surface area contributed by atoms with Crippen LogP contribution < -0.4 is 15.5 Å². The van der Waals surface area contributed by atoms with Crippen LogP contribution in [0.2, 0.25) is 0 Å². The normalized spacial score (nSPS) is 17.7. The van der Waals surface area contributed by atoms with Gasteiger partial charge in [0.2, 0.25) is 11.1 Å². The average molecular weight is 424 g/mol. The van der Waals surface area contributed by atoms with E-state index in [1.165, 1.54) is 11.8 Å². The first-order chi connectivity index (χ1) is 14.4. The second-order valence-electron chi connectivity index (χ2n) is 7.38. The number of ether oxygens (including phenoxy) is 1. The molecule has 1 aliphatic rings. The van der Waals surface area contributed by atoms with E-state index in [0.29, 0.717) is 11.8 Å². The van der Waals surface area contributed by atoms with Gasteiger partial charge in [0, 0.05) is 5.69 Å². The number of benzene rings is 2. The zero-order valence-electron chi connectivity index (χ0n) is 17.5. The number of carbonyl (C=O) groups excluding carboxylic acids is 1. The molecule has 0 fully saturated rings. The first-order valence-corrected chi connectivity index (χ1v) is 10.8. The summed E-state index contributed by atoms with van der Waals surface area (Å²) in [6.07, 6.45) is 0.